The van der Waals surface area contributed by atoms with Gasteiger partial charge in [0.15, 0.2) is 0 Å². The van der Waals surface area contributed by atoms with Gasteiger partial charge in [-0.3, -0.25) is 9.78 Å². The molecule has 0 fully saturated rings. The molecule has 1 aromatic carbocycles. The molecule has 2 aromatic heterocycles. The van der Waals surface area contributed by atoms with Crippen LogP contribution in [0.3, 0.4) is 0 Å². The zero-order chi connectivity index (χ0) is 15.4. The number of nitrogens with one attached hydrogen (secondary N) is 1. The van der Waals surface area contributed by atoms with Crippen molar-refractivity contribution in [2.75, 3.05) is 0 Å². The van der Waals surface area contributed by atoms with Crippen molar-refractivity contribution in [3.63, 3.8) is 0 Å². The Morgan fingerprint density at radius 1 is 1.18 bits per heavy atom. The number of rotatable bonds is 4. The first-order chi connectivity index (χ1) is 10.7. The summed E-state index contributed by atoms with van der Waals surface area (Å²) < 4.78 is 5.23. The summed E-state index contributed by atoms with van der Waals surface area (Å²) in [4.78, 5) is 20.3. The quantitative estimate of drug-likeness (QED) is 0.800. The van der Waals surface area contributed by atoms with E-state index in [9.17, 15) is 4.79 Å². The third-order valence-corrected chi connectivity index (χ3v) is 3.12. The van der Waals surface area contributed by atoms with Crippen LogP contribution in [0.25, 0.3) is 11.4 Å². The van der Waals surface area contributed by atoms with E-state index in [1.807, 2.05) is 30.3 Å². The van der Waals surface area contributed by atoms with Crippen molar-refractivity contribution >= 4 is 5.91 Å². The Labute approximate surface area is 127 Å². The number of hydrogen-bond donors (Lipinski definition) is 1. The lowest BCUT2D eigenvalue weighted by molar-refractivity contribution is 0.0932. The van der Waals surface area contributed by atoms with Gasteiger partial charge in [0.25, 0.3) is 5.91 Å². The van der Waals surface area contributed by atoms with Crippen LogP contribution in [0, 0.1) is 0 Å². The summed E-state index contributed by atoms with van der Waals surface area (Å²) in [7, 11) is 0. The predicted octanol–water partition coefficient (Wildman–Crippen LogP) is 2.62. The summed E-state index contributed by atoms with van der Waals surface area (Å²) >= 11 is 0. The van der Waals surface area contributed by atoms with E-state index in [1.54, 1.807) is 25.3 Å². The number of aromatic nitrogens is 3. The van der Waals surface area contributed by atoms with Gasteiger partial charge in [-0.2, -0.15) is 4.98 Å². The van der Waals surface area contributed by atoms with E-state index < -0.39 is 6.04 Å². The Morgan fingerprint density at radius 3 is 2.73 bits per heavy atom. The Bertz CT molecular complexity index is 756. The van der Waals surface area contributed by atoms with Crippen LogP contribution >= 0.6 is 0 Å². The maximum absolute atomic E-state index is 12.1. The van der Waals surface area contributed by atoms with E-state index in [4.69, 9.17) is 4.52 Å². The topological polar surface area (TPSA) is 80.9 Å². The third kappa shape index (κ3) is 3.01. The average Bonchev–Trinajstić information content (AvgIpc) is 3.06. The number of pyridine rings is 1. The van der Waals surface area contributed by atoms with E-state index in [2.05, 4.69) is 20.4 Å². The summed E-state index contributed by atoms with van der Waals surface area (Å²) in [5.41, 5.74) is 1.35. The van der Waals surface area contributed by atoms with Crippen LogP contribution in [0.1, 0.15) is 29.2 Å². The molecule has 0 aliphatic carbocycles. The monoisotopic (exact) mass is 294 g/mol. The second-order valence-corrected chi connectivity index (χ2v) is 4.76. The molecular weight excluding hydrogens is 280 g/mol. The fourth-order valence-corrected chi connectivity index (χ4v) is 1.95. The number of hydrogen-bond acceptors (Lipinski definition) is 5. The van der Waals surface area contributed by atoms with E-state index >= 15 is 0 Å². The number of carbonyl (C=O) groups excluding carboxylic acids is 1. The Hall–Kier alpha value is -3.02. The summed E-state index contributed by atoms with van der Waals surface area (Å²) in [6.07, 6.45) is 3.12. The highest BCUT2D eigenvalue weighted by Crippen LogP contribution is 2.18. The van der Waals surface area contributed by atoms with Crippen LogP contribution in [-0.2, 0) is 0 Å². The molecule has 1 amide bonds. The van der Waals surface area contributed by atoms with Gasteiger partial charge in [0.2, 0.25) is 11.7 Å². The highest BCUT2D eigenvalue weighted by Gasteiger charge is 2.18. The minimum atomic E-state index is -0.391. The lowest BCUT2D eigenvalue weighted by atomic mass is 10.2. The number of amides is 1. The molecular formula is C16H14N4O2. The van der Waals surface area contributed by atoms with Gasteiger partial charge >= 0.3 is 0 Å². The fraction of sp³-hybridized carbons (Fsp3) is 0.125. The molecule has 0 aliphatic rings. The van der Waals surface area contributed by atoms with Crippen LogP contribution in [0.15, 0.2) is 59.4 Å². The van der Waals surface area contributed by atoms with Gasteiger partial charge in [0.05, 0.1) is 5.56 Å². The van der Waals surface area contributed by atoms with E-state index in [-0.39, 0.29) is 5.91 Å². The van der Waals surface area contributed by atoms with Crippen LogP contribution in [0.2, 0.25) is 0 Å². The Balaban J connectivity index is 1.72. The summed E-state index contributed by atoms with van der Waals surface area (Å²) in [5, 5.41) is 6.74. The first-order valence-corrected chi connectivity index (χ1v) is 6.84. The molecule has 1 atom stereocenters. The smallest absolute Gasteiger partial charge is 0.253 e. The molecule has 6 heteroatoms. The minimum Gasteiger partial charge on any atom is -0.340 e. The molecule has 3 aromatic rings. The van der Waals surface area contributed by atoms with Crippen molar-refractivity contribution in [1.29, 1.82) is 0 Å². The van der Waals surface area contributed by atoms with Crippen LogP contribution < -0.4 is 5.32 Å². The maximum Gasteiger partial charge on any atom is 0.253 e. The van der Waals surface area contributed by atoms with Gasteiger partial charge in [0.1, 0.15) is 6.04 Å². The molecule has 22 heavy (non-hydrogen) atoms. The van der Waals surface area contributed by atoms with Crippen LogP contribution in [0.5, 0.6) is 0 Å². The molecule has 0 bridgehead atoms. The van der Waals surface area contributed by atoms with Crippen LogP contribution in [0.4, 0.5) is 0 Å². The van der Waals surface area contributed by atoms with Gasteiger partial charge in [0, 0.05) is 18.0 Å². The lowest BCUT2D eigenvalue weighted by Gasteiger charge is -2.09. The van der Waals surface area contributed by atoms with Crippen molar-refractivity contribution in [2.45, 2.75) is 13.0 Å². The Morgan fingerprint density at radius 2 is 2.00 bits per heavy atom. The first kappa shape index (κ1) is 13.9. The average molecular weight is 294 g/mol. The van der Waals surface area contributed by atoms with Gasteiger partial charge < -0.3 is 9.84 Å². The normalized spacial score (nSPS) is 11.9. The molecule has 2 heterocycles. The fourth-order valence-electron chi connectivity index (χ4n) is 1.95. The molecule has 0 saturated heterocycles. The molecule has 0 spiro atoms. The molecule has 1 N–H and O–H groups in total. The molecule has 0 saturated carbocycles. The molecule has 0 unspecified atom stereocenters. The van der Waals surface area contributed by atoms with E-state index in [1.165, 1.54) is 6.20 Å². The highest BCUT2D eigenvalue weighted by molar-refractivity contribution is 5.93. The summed E-state index contributed by atoms with van der Waals surface area (Å²) in [6, 6.07) is 12.5. The largest absolute Gasteiger partial charge is 0.340 e. The Kier molecular flexibility index (Phi) is 3.91. The van der Waals surface area contributed by atoms with E-state index in [0.29, 0.717) is 17.3 Å². The van der Waals surface area contributed by atoms with Gasteiger partial charge in [-0.1, -0.05) is 35.5 Å². The molecule has 6 nitrogen and oxygen atoms in total. The lowest BCUT2D eigenvalue weighted by Crippen LogP contribution is -2.26. The number of benzene rings is 1. The third-order valence-electron chi connectivity index (χ3n) is 3.12. The van der Waals surface area contributed by atoms with Gasteiger partial charge in [-0.05, 0) is 19.1 Å². The highest BCUT2D eigenvalue weighted by atomic mass is 16.5. The standard InChI is InChI=1S/C16H14N4O2/c1-11(18-15(21)13-8-5-9-17-10-13)16-19-14(20-22-16)12-6-3-2-4-7-12/h2-11H,1H3,(H,18,21)/t11-/m0/s1. The van der Waals surface area contributed by atoms with Gasteiger partial charge in [-0.25, -0.2) is 0 Å². The minimum absolute atomic E-state index is 0.236. The molecule has 110 valence electrons. The molecule has 0 radical (unpaired) electrons. The molecule has 3 rings (SSSR count). The van der Waals surface area contributed by atoms with Crippen molar-refractivity contribution < 1.29 is 9.32 Å². The second-order valence-electron chi connectivity index (χ2n) is 4.76. The zero-order valence-corrected chi connectivity index (χ0v) is 11.9. The zero-order valence-electron chi connectivity index (χ0n) is 11.9. The van der Waals surface area contributed by atoms with E-state index in [0.717, 1.165) is 5.56 Å². The number of carbonyl (C=O) groups is 1. The number of nitrogens with zero attached hydrogens (tertiary/aromatic N) is 3. The van der Waals surface area contributed by atoms with Gasteiger partial charge in [-0.15, -0.1) is 0 Å². The second kappa shape index (κ2) is 6.17. The summed E-state index contributed by atoms with van der Waals surface area (Å²) in [5.74, 6) is 0.620. The van der Waals surface area contributed by atoms with Crippen molar-refractivity contribution in [1.82, 2.24) is 20.4 Å². The SMILES string of the molecule is C[C@H](NC(=O)c1cccnc1)c1nc(-c2ccccc2)no1. The predicted molar refractivity (Wildman–Crippen MR) is 79.9 cm³/mol. The van der Waals surface area contributed by atoms with Crippen molar-refractivity contribution in [3.05, 3.63) is 66.3 Å². The maximum atomic E-state index is 12.1. The van der Waals surface area contributed by atoms with Crippen molar-refractivity contribution in [3.8, 4) is 11.4 Å². The first-order valence-electron chi connectivity index (χ1n) is 6.84. The van der Waals surface area contributed by atoms with Crippen molar-refractivity contribution in [2.24, 2.45) is 0 Å². The molecule has 0 aliphatic heterocycles. The van der Waals surface area contributed by atoms with Crippen LogP contribution in [-0.4, -0.2) is 21.0 Å². The summed E-state index contributed by atoms with van der Waals surface area (Å²) in [6.45, 7) is 1.79.